The van der Waals surface area contributed by atoms with Crippen LogP contribution in [0.4, 0.5) is 13.2 Å². The number of piperidine rings is 1. The van der Waals surface area contributed by atoms with Crippen LogP contribution < -0.4 is 25.5 Å². The minimum Gasteiger partial charge on any atom is -0.490 e. The molecule has 2 heterocycles. The highest BCUT2D eigenvalue weighted by Crippen LogP contribution is 2.32. The Bertz CT molecular complexity index is 1870. The molecule has 1 amide bonds. The fourth-order valence-corrected chi connectivity index (χ4v) is 5.83. The van der Waals surface area contributed by atoms with Gasteiger partial charge >= 0.3 is 5.69 Å². The zero-order valence-corrected chi connectivity index (χ0v) is 26.9. The molecule has 47 heavy (non-hydrogen) atoms. The van der Waals surface area contributed by atoms with Crippen LogP contribution in [0.25, 0.3) is 10.9 Å². The molecule has 1 aliphatic rings. The van der Waals surface area contributed by atoms with Gasteiger partial charge in [0, 0.05) is 25.2 Å². The molecule has 4 aromatic rings. The quantitative estimate of drug-likeness (QED) is 0.157. The summed E-state index contributed by atoms with van der Waals surface area (Å²) in [5.74, 6) is -0.691. The second-order valence-electron chi connectivity index (χ2n) is 11.0. The average Bonchev–Trinajstić information content (AvgIpc) is 3.07. The van der Waals surface area contributed by atoms with Crippen molar-refractivity contribution in [3.8, 4) is 17.2 Å². The zero-order chi connectivity index (χ0) is 33.7. The van der Waals surface area contributed by atoms with Gasteiger partial charge in [0.05, 0.1) is 34.1 Å². The van der Waals surface area contributed by atoms with Crippen LogP contribution in [-0.4, -0.2) is 59.6 Å². The fraction of sp³-hybridized carbons (Fsp3) is 0.364. The van der Waals surface area contributed by atoms with Gasteiger partial charge in [-0.1, -0.05) is 35.3 Å². The molecule has 0 saturated carbocycles. The lowest BCUT2D eigenvalue weighted by atomic mass is 10.0. The standard InChI is InChI=1S/C33H32Cl2F3N3O6/c1-2-45-31-12-20(4-6-29(31)46-18-21-3-5-25(34)26(35)11-21)17-40-32(43)24-13-30(47-23(15-36)16-37)27(38)14-28(24)41(33(40)44)22-7-9-39(19-42)10-8-22/h3-6,11-14,19,22-23H,2,7-10,15-18H2,1H3. The minimum atomic E-state index is -1.56. The molecule has 1 fully saturated rings. The lowest BCUT2D eigenvalue weighted by molar-refractivity contribution is -0.119. The van der Waals surface area contributed by atoms with Crippen LogP contribution in [0, 0.1) is 5.82 Å². The van der Waals surface area contributed by atoms with Gasteiger partial charge in [-0.3, -0.25) is 18.7 Å². The number of nitrogens with zero attached hydrogens (tertiary/aromatic N) is 3. The SMILES string of the molecule is CCOc1cc(Cn2c(=O)c3cc(OC(CF)CF)c(F)cc3n(C3CCN(C=O)CC3)c2=O)ccc1OCc1ccc(Cl)c(Cl)c1. The number of fused-ring (bicyclic) bond motifs is 1. The molecule has 3 aromatic carbocycles. The molecule has 0 spiro atoms. The Morgan fingerprint density at radius 3 is 2.30 bits per heavy atom. The maximum absolute atomic E-state index is 15.2. The first kappa shape index (κ1) is 34.2. The van der Waals surface area contributed by atoms with Gasteiger partial charge in [0.2, 0.25) is 6.41 Å². The molecule has 0 aliphatic carbocycles. The third kappa shape index (κ3) is 7.54. The molecule has 1 saturated heterocycles. The summed E-state index contributed by atoms with van der Waals surface area (Å²) < 4.78 is 61.0. The number of benzene rings is 3. The van der Waals surface area contributed by atoms with Crippen molar-refractivity contribution in [3.63, 3.8) is 0 Å². The lowest BCUT2D eigenvalue weighted by Gasteiger charge is -2.31. The highest BCUT2D eigenvalue weighted by Gasteiger charge is 2.26. The number of alkyl halides is 2. The van der Waals surface area contributed by atoms with Gasteiger partial charge in [0.1, 0.15) is 20.0 Å². The number of carbonyl (C=O) groups is 1. The Kier molecular flexibility index (Phi) is 11.0. The van der Waals surface area contributed by atoms with Crippen molar-refractivity contribution in [2.75, 3.05) is 33.0 Å². The number of amides is 1. The van der Waals surface area contributed by atoms with E-state index in [0.29, 0.717) is 59.6 Å². The molecule has 1 aliphatic heterocycles. The summed E-state index contributed by atoms with van der Waals surface area (Å²) in [7, 11) is 0. The summed E-state index contributed by atoms with van der Waals surface area (Å²) in [6.07, 6.45) is -0.0628. The van der Waals surface area contributed by atoms with Crippen LogP contribution in [0.2, 0.25) is 10.0 Å². The molecule has 0 unspecified atom stereocenters. The Morgan fingerprint density at radius 2 is 1.64 bits per heavy atom. The molecular formula is C33H32Cl2F3N3O6. The van der Waals surface area contributed by atoms with Gasteiger partial charge in [-0.2, -0.15) is 0 Å². The van der Waals surface area contributed by atoms with Crippen LogP contribution in [0.15, 0.2) is 58.1 Å². The Morgan fingerprint density at radius 1 is 0.915 bits per heavy atom. The molecular weight excluding hydrogens is 662 g/mol. The number of aromatic nitrogens is 2. The summed E-state index contributed by atoms with van der Waals surface area (Å²) in [6, 6.07) is 11.7. The number of hydrogen-bond acceptors (Lipinski definition) is 6. The van der Waals surface area contributed by atoms with Crippen LogP contribution in [0.5, 0.6) is 17.2 Å². The largest absolute Gasteiger partial charge is 0.490 e. The van der Waals surface area contributed by atoms with Crippen LogP contribution in [-0.2, 0) is 17.9 Å². The van der Waals surface area contributed by atoms with E-state index >= 15 is 4.39 Å². The number of ether oxygens (including phenoxy) is 3. The fourth-order valence-electron chi connectivity index (χ4n) is 5.51. The molecule has 0 bridgehead atoms. The molecule has 9 nitrogen and oxygen atoms in total. The van der Waals surface area contributed by atoms with Gasteiger partial charge in [-0.25, -0.2) is 18.0 Å². The van der Waals surface area contributed by atoms with Crippen molar-refractivity contribution in [2.24, 2.45) is 0 Å². The summed E-state index contributed by atoms with van der Waals surface area (Å²) in [5, 5.41) is 0.740. The molecule has 0 radical (unpaired) electrons. The first-order chi connectivity index (χ1) is 22.7. The van der Waals surface area contributed by atoms with Gasteiger partial charge in [0.25, 0.3) is 5.56 Å². The molecule has 5 rings (SSSR count). The van der Waals surface area contributed by atoms with E-state index in [2.05, 4.69) is 0 Å². The van der Waals surface area contributed by atoms with Gasteiger partial charge < -0.3 is 19.1 Å². The highest BCUT2D eigenvalue weighted by molar-refractivity contribution is 6.42. The topological polar surface area (TPSA) is 92.0 Å². The van der Waals surface area contributed by atoms with Gasteiger partial charge in [-0.05, 0) is 61.2 Å². The smallest absolute Gasteiger partial charge is 0.332 e. The third-order valence-electron chi connectivity index (χ3n) is 7.90. The number of likely N-dealkylation sites (tertiary alicyclic amines) is 1. The number of rotatable bonds is 13. The Hall–Kier alpha value is -4.16. The maximum Gasteiger partial charge on any atom is 0.332 e. The monoisotopic (exact) mass is 693 g/mol. The first-order valence-corrected chi connectivity index (χ1v) is 15.7. The first-order valence-electron chi connectivity index (χ1n) is 15.0. The summed E-state index contributed by atoms with van der Waals surface area (Å²) in [5.41, 5.74) is -0.0967. The van der Waals surface area contributed by atoms with Gasteiger partial charge in [-0.15, -0.1) is 0 Å². The van der Waals surface area contributed by atoms with E-state index in [0.717, 1.165) is 28.7 Å². The summed E-state index contributed by atoms with van der Waals surface area (Å²) in [6.45, 7) is 0.404. The number of carbonyl (C=O) groups excluding carboxylic acids is 1. The van der Waals surface area contributed by atoms with Crippen molar-refractivity contribution in [2.45, 2.75) is 45.1 Å². The van der Waals surface area contributed by atoms with Crippen molar-refractivity contribution in [1.82, 2.24) is 14.0 Å². The second kappa shape index (κ2) is 15.2. The average molecular weight is 695 g/mol. The molecule has 1 aromatic heterocycles. The third-order valence-corrected chi connectivity index (χ3v) is 8.64. The molecule has 0 N–H and O–H groups in total. The minimum absolute atomic E-state index is 0.0174. The molecule has 0 atom stereocenters. The number of halogens is 5. The molecule has 250 valence electrons. The maximum atomic E-state index is 15.2. The van der Waals surface area contributed by atoms with Crippen molar-refractivity contribution in [1.29, 1.82) is 0 Å². The van der Waals surface area contributed by atoms with E-state index in [1.165, 1.54) is 4.57 Å². The summed E-state index contributed by atoms with van der Waals surface area (Å²) >= 11 is 12.1. The highest BCUT2D eigenvalue weighted by atomic mass is 35.5. The van der Waals surface area contributed by atoms with Crippen molar-refractivity contribution < 1.29 is 32.2 Å². The predicted octanol–water partition coefficient (Wildman–Crippen LogP) is 6.11. The van der Waals surface area contributed by atoms with E-state index < -0.39 is 48.3 Å². The van der Waals surface area contributed by atoms with Gasteiger partial charge in [0.15, 0.2) is 29.2 Å². The van der Waals surface area contributed by atoms with E-state index in [-0.39, 0.29) is 24.1 Å². The second-order valence-corrected chi connectivity index (χ2v) is 11.8. The van der Waals surface area contributed by atoms with E-state index in [4.69, 9.17) is 37.4 Å². The summed E-state index contributed by atoms with van der Waals surface area (Å²) in [4.78, 5) is 40.8. The number of hydrogen-bond donors (Lipinski definition) is 0. The van der Waals surface area contributed by atoms with Crippen LogP contribution >= 0.6 is 23.2 Å². The van der Waals surface area contributed by atoms with Crippen LogP contribution in [0.3, 0.4) is 0 Å². The van der Waals surface area contributed by atoms with Crippen molar-refractivity contribution >= 4 is 40.5 Å². The van der Waals surface area contributed by atoms with E-state index in [9.17, 15) is 23.2 Å². The zero-order valence-electron chi connectivity index (χ0n) is 25.4. The lowest BCUT2D eigenvalue weighted by Crippen LogP contribution is -2.44. The van der Waals surface area contributed by atoms with E-state index in [1.54, 1.807) is 48.2 Å². The predicted molar refractivity (Wildman–Crippen MR) is 172 cm³/mol. The Labute approximate surface area is 278 Å². The van der Waals surface area contributed by atoms with Crippen LogP contribution in [0.1, 0.15) is 36.9 Å². The van der Waals surface area contributed by atoms with E-state index in [1.807, 2.05) is 0 Å². The van der Waals surface area contributed by atoms with Crippen molar-refractivity contribution in [3.05, 3.63) is 96.4 Å². The normalized spacial score (nSPS) is 13.7. The Balaban J connectivity index is 1.55. The molecule has 14 heteroatoms.